The second kappa shape index (κ2) is 5.95. The summed E-state index contributed by atoms with van der Waals surface area (Å²) in [5.41, 5.74) is -0.730. The molecule has 2 aromatic carbocycles. The van der Waals surface area contributed by atoms with Crippen molar-refractivity contribution in [2.24, 2.45) is 0 Å². The Labute approximate surface area is 118 Å². The van der Waals surface area contributed by atoms with Gasteiger partial charge in [-0.2, -0.15) is 13.2 Å². The lowest BCUT2D eigenvalue weighted by molar-refractivity contribution is -0.139. The zero-order valence-corrected chi connectivity index (χ0v) is 10.7. The Morgan fingerprint density at radius 3 is 2.48 bits per heavy atom. The number of aldehydes is 1. The van der Waals surface area contributed by atoms with Crippen LogP contribution >= 0.6 is 0 Å². The molecule has 0 unspecified atom stereocenters. The summed E-state index contributed by atoms with van der Waals surface area (Å²) in [4.78, 5) is 10.6. The largest absolute Gasteiger partial charge is 0.488 e. The van der Waals surface area contributed by atoms with E-state index in [-0.39, 0.29) is 12.2 Å². The number of carbonyl (C=O) groups excluding carboxylic acids is 1. The Bertz CT molecular complexity index is 650. The van der Waals surface area contributed by atoms with Crippen LogP contribution in [0.25, 0.3) is 0 Å². The van der Waals surface area contributed by atoms with Crippen molar-refractivity contribution in [2.75, 3.05) is 0 Å². The number of benzene rings is 2. The Morgan fingerprint density at radius 2 is 1.86 bits per heavy atom. The van der Waals surface area contributed by atoms with Crippen molar-refractivity contribution in [2.45, 2.75) is 12.8 Å². The van der Waals surface area contributed by atoms with Gasteiger partial charge in [-0.25, -0.2) is 4.39 Å². The summed E-state index contributed by atoms with van der Waals surface area (Å²) < 4.78 is 56.8. The van der Waals surface area contributed by atoms with E-state index in [1.807, 2.05) is 0 Å². The zero-order chi connectivity index (χ0) is 15.5. The molecule has 0 aliphatic rings. The molecule has 0 saturated carbocycles. The standard InChI is InChI=1S/C15H10F4O2/c16-12-3-1-2-11(6-12)9-21-14-5-4-10(8-20)7-13(14)15(17,18)19/h1-8H,9H2. The highest BCUT2D eigenvalue weighted by Gasteiger charge is 2.34. The molecule has 0 aromatic heterocycles. The van der Waals surface area contributed by atoms with E-state index >= 15 is 0 Å². The summed E-state index contributed by atoms with van der Waals surface area (Å²) in [5, 5.41) is 0. The molecule has 0 spiro atoms. The Balaban J connectivity index is 2.25. The predicted octanol–water partition coefficient (Wildman–Crippen LogP) is 4.24. The molecule has 0 atom stereocenters. The van der Waals surface area contributed by atoms with E-state index in [1.54, 1.807) is 0 Å². The van der Waals surface area contributed by atoms with Gasteiger partial charge in [-0.1, -0.05) is 12.1 Å². The molecule has 0 fully saturated rings. The number of rotatable bonds is 4. The second-order valence-electron chi connectivity index (χ2n) is 4.29. The van der Waals surface area contributed by atoms with Crippen molar-refractivity contribution >= 4 is 6.29 Å². The molecule has 0 saturated heterocycles. The van der Waals surface area contributed by atoms with E-state index < -0.39 is 23.3 Å². The van der Waals surface area contributed by atoms with Crippen LogP contribution in [0.15, 0.2) is 42.5 Å². The molecule has 0 aliphatic heterocycles. The quantitative estimate of drug-likeness (QED) is 0.623. The molecule has 0 N–H and O–H groups in total. The highest BCUT2D eigenvalue weighted by molar-refractivity contribution is 5.75. The van der Waals surface area contributed by atoms with Crippen LogP contribution in [0, 0.1) is 5.82 Å². The number of ether oxygens (including phenoxy) is 1. The fourth-order valence-corrected chi connectivity index (χ4v) is 1.76. The van der Waals surface area contributed by atoms with Crippen LogP contribution in [-0.2, 0) is 12.8 Å². The average Bonchev–Trinajstić information content (AvgIpc) is 2.44. The van der Waals surface area contributed by atoms with Gasteiger partial charge in [0.05, 0.1) is 5.56 Å². The van der Waals surface area contributed by atoms with E-state index in [2.05, 4.69) is 0 Å². The Kier molecular flexibility index (Phi) is 4.26. The minimum absolute atomic E-state index is 0.0968. The molecule has 2 aromatic rings. The molecule has 21 heavy (non-hydrogen) atoms. The smallest absolute Gasteiger partial charge is 0.419 e. The molecular weight excluding hydrogens is 288 g/mol. The summed E-state index contributed by atoms with van der Waals surface area (Å²) in [5.74, 6) is -0.902. The monoisotopic (exact) mass is 298 g/mol. The number of hydrogen-bond acceptors (Lipinski definition) is 2. The maximum Gasteiger partial charge on any atom is 0.419 e. The molecule has 0 amide bonds. The SMILES string of the molecule is O=Cc1ccc(OCc2cccc(F)c2)c(C(F)(F)F)c1. The molecule has 6 heteroatoms. The topological polar surface area (TPSA) is 26.3 Å². The highest BCUT2D eigenvalue weighted by atomic mass is 19.4. The first kappa shape index (κ1) is 15.0. The van der Waals surface area contributed by atoms with E-state index in [0.29, 0.717) is 17.9 Å². The molecule has 110 valence electrons. The third kappa shape index (κ3) is 3.81. The van der Waals surface area contributed by atoms with Crippen LogP contribution in [0.4, 0.5) is 17.6 Å². The van der Waals surface area contributed by atoms with Crippen LogP contribution in [0.5, 0.6) is 5.75 Å². The van der Waals surface area contributed by atoms with Crippen LogP contribution in [0.1, 0.15) is 21.5 Å². The van der Waals surface area contributed by atoms with Crippen molar-refractivity contribution in [3.63, 3.8) is 0 Å². The molecule has 0 aliphatic carbocycles. The summed E-state index contributed by atoms with van der Waals surface area (Å²) in [7, 11) is 0. The van der Waals surface area contributed by atoms with E-state index in [9.17, 15) is 22.4 Å². The van der Waals surface area contributed by atoms with Gasteiger partial charge in [-0.05, 0) is 35.9 Å². The van der Waals surface area contributed by atoms with Crippen LogP contribution in [-0.4, -0.2) is 6.29 Å². The minimum atomic E-state index is -4.64. The van der Waals surface area contributed by atoms with Gasteiger partial charge < -0.3 is 4.74 Å². The zero-order valence-electron chi connectivity index (χ0n) is 10.7. The normalized spacial score (nSPS) is 11.2. The van der Waals surface area contributed by atoms with Crippen LogP contribution < -0.4 is 4.74 Å². The van der Waals surface area contributed by atoms with Gasteiger partial charge in [0.2, 0.25) is 0 Å². The highest BCUT2D eigenvalue weighted by Crippen LogP contribution is 2.37. The lowest BCUT2D eigenvalue weighted by Gasteiger charge is -2.14. The van der Waals surface area contributed by atoms with Crippen LogP contribution in [0.2, 0.25) is 0 Å². The van der Waals surface area contributed by atoms with Crippen molar-refractivity contribution in [3.8, 4) is 5.75 Å². The van der Waals surface area contributed by atoms with Gasteiger partial charge >= 0.3 is 6.18 Å². The van der Waals surface area contributed by atoms with E-state index in [1.165, 1.54) is 30.3 Å². The average molecular weight is 298 g/mol. The summed E-state index contributed by atoms with van der Waals surface area (Å²) in [6.45, 7) is -0.207. The first-order valence-electron chi connectivity index (χ1n) is 5.94. The van der Waals surface area contributed by atoms with Gasteiger partial charge in [0.25, 0.3) is 0 Å². The fraction of sp³-hybridized carbons (Fsp3) is 0.133. The van der Waals surface area contributed by atoms with Crippen molar-refractivity contribution in [3.05, 3.63) is 65.0 Å². The fourth-order valence-electron chi connectivity index (χ4n) is 1.76. The number of hydrogen-bond donors (Lipinski definition) is 0. The molecule has 0 bridgehead atoms. The van der Waals surface area contributed by atoms with Crippen molar-refractivity contribution < 1.29 is 27.1 Å². The Hall–Kier alpha value is -2.37. The first-order chi connectivity index (χ1) is 9.90. The van der Waals surface area contributed by atoms with Gasteiger partial charge in [0.15, 0.2) is 0 Å². The van der Waals surface area contributed by atoms with Crippen molar-refractivity contribution in [1.29, 1.82) is 0 Å². The van der Waals surface area contributed by atoms with Crippen LogP contribution in [0.3, 0.4) is 0 Å². The third-order valence-corrected chi connectivity index (χ3v) is 2.73. The van der Waals surface area contributed by atoms with Gasteiger partial charge in [0.1, 0.15) is 24.5 Å². The summed E-state index contributed by atoms with van der Waals surface area (Å²) in [6, 6.07) is 8.39. The molecule has 2 rings (SSSR count). The molecule has 0 radical (unpaired) electrons. The number of alkyl halides is 3. The number of halogens is 4. The minimum Gasteiger partial charge on any atom is -0.488 e. The second-order valence-corrected chi connectivity index (χ2v) is 4.29. The molecule has 0 heterocycles. The van der Waals surface area contributed by atoms with Crippen molar-refractivity contribution in [1.82, 2.24) is 0 Å². The van der Waals surface area contributed by atoms with E-state index in [0.717, 1.165) is 6.07 Å². The molecule has 2 nitrogen and oxygen atoms in total. The summed E-state index contributed by atoms with van der Waals surface area (Å²) in [6.07, 6.45) is -4.32. The Morgan fingerprint density at radius 1 is 1.10 bits per heavy atom. The maximum absolute atomic E-state index is 13.0. The van der Waals surface area contributed by atoms with Gasteiger partial charge in [-0.15, -0.1) is 0 Å². The first-order valence-corrected chi connectivity index (χ1v) is 5.94. The lowest BCUT2D eigenvalue weighted by Crippen LogP contribution is -2.09. The molecular formula is C15H10F4O2. The third-order valence-electron chi connectivity index (χ3n) is 2.73. The lowest BCUT2D eigenvalue weighted by atomic mass is 10.1. The predicted molar refractivity (Wildman–Crippen MR) is 67.6 cm³/mol. The maximum atomic E-state index is 13.0. The number of carbonyl (C=O) groups is 1. The van der Waals surface area contributed by atoms with Gasteiger partial charge in [0, 0.05) is 5.56 Å². The van der Waals surface area contributed by atoms with Gasteiger partial charge in [-0.3, -0.25) is 4.79 Å². The van der Waals surface area contributed by atoms with E-state index in [4.69, 9.17) is 4.74 Å². The summed E-state index contributed by atoms with van der Waals surface area (Å²) >= 11 is 0.